The Bertz CT molecular complexity index is 276. The van der Waals surface area contributed by atoms with Gasteiger partial charge < -0.3 is 0 Å². The van der Waals surface area contributed by atoms with Crippen LogP contribution in [-0.4, -0.2) is 57.9 Å². The van der Waals surface area contributed by atoms with Crippen molar-refractivity contribution in [2.24, 2.45) is 0 Å². The molecule has 0 amide bonds. The highest BCUT2D eigenvalue weighted by molar-refractivity contribution is 8.00. The third kappa shape index (κ3) is 1.38. The topological polar surface area (TPSA) is 26.3 Å². The fraction of sp³-hybridized carbons (Fsp3) is 1.00. The zero-order chi connectivity index (χ0) is 9.76. The predicted octanol–water partition coefficient (Wildman–Crippen LogP) is 1.12. The Hall–Kier alpha value is 0.460. The second kappa shape index (κ2) is 3.22. The lowest BCUT2D eigenvalue weighted by Crippen LogP contribution is -2.29. The molecule has 4 nitrogen and oxygen atoms in total. The van der Waals surface area contributed by atoms with E-state index >= 15 is 0 Å². The maximum absolute atomic E-state index is 12.9. The van der Waals surface area contributed by atoms with Gasteiger partial charge in [-0.1, -0.05) is 0 Å². The molecule has 6 heteroatoms. The molecular formula is C8H16N3OPS. The van der Waals surface area contributed by atoms with Gasteiger partial charge in [-0.25, -0.2) is 14.0 Å². The molecule has 3 aliphatic rings. The van der Waals surface area contributed by atoms with Gasteiger partial charge in [0.1, 0.15) is 0 Å². The van der Waals surface area contributed by atoms with E-state index in [9.17, 15) is 4.57 Å². The van der Waals surface area contributed by atoms with Crippen LogP contribution in [0.1, 0.15) is 6.92 Å². The minimum atomic E-state index is -2.27. The molecule has 3 fully saturated rings. The minimum absolute atomic E-state index is 0.432. The summed E-state index contributed by atoms with van der Waals surface area (Å²) < 4.78 is 19.5. The molecule has 0 aromatic rings. The fourth-order valence-corrected chi connectivity index (χ4v) is 6.68. The third-order valence-corrected chi connectivity index (χ3v) is 7.82. The molecule has 1 atom stereocenters. The predicted molar refractivity (Wildman–Crippen MR) is 59.4 cm³/mol. The van der Waals surface area contributed by atoms with Gasteiger partial charge in [0.25, 0.3) is 7.59 Å². The van der Waals surface area contributed by atoms with Crippen molar-refractivity contribution in [2.45, 2.75) is 12.3 Å². The van der Waals surface area contributed by atoms with E-state index < -0.39 is 7.59 Å². The van der Waals surface area contributed by atoms with Crippen LogP contribution in [0.3, 0.4) is 0 Å². The Labute approximate surface area is 89.1 Å². The Kier molecular flexibility index (Phi) is 2.23. The molecule has 3 aliphatic heterocycles. The van der Waals surface area contributed by atoms with Gasteiger partial charge in [0, 0.05) is 38.5 Å². The molecule has 0 aromatic carbocycles. The van der Waals surface area contributed by atoms with Crippen LogP contribution in [0.4, 0.5) is 0 Å². The second-order valence-electron chi connectivity index (χ2n) is 4.05. The van der Waals surface area contributed by atoms with E-state index in [0.717, 1.165) is 38.5 Å². The van der Waals surface area contributed by atoms with Crippen LogP contribution in [-0.2, 0) is 4.57 Å². The number of hydrogen-bond donors (Lipinski definition) is 0. The molecule has 14 heavy (non-hydrogen) atoms. The first-order valence-corrected chi connectivity index (χ1v) is 7.84. The van der Waals surface area contributed by atoms with E-state index in [4.69, 9.17) is 0 Å². The minimum Gasteiger partial charge on any atom is -0.270 e. The van der Waals surface area contributed by atoms with Crippen LogP contribution >= 0.6 is 19.4 Å². The summed E-state index contributed by atoms with van der Waals surface area (Å²) in [6.45, 7) is 7.29. The third-order valence-electron chi connectivity index (χ3n) is 3.02. The van der Waals surface area contributed by atoms with E-state index in [1.165, 1.54) is 0 Å². The molecular weight excluding hydrogens is 217 g/mol. The molecule has 1 unspecified atom stereocenters. The Morgan fingerprint density at radius 1 is 1.14 bits per heavy atom. The summed E-state index contributed by atoms with van der Waals surface area (Å²) in [7, 11) is -2.27. The van der Waals surface area contributed by atoms with Crippen LogP contribution in [0.2, 0.25) is 0 Å². The van der Waals surface area contributed by atoms with Crippen molar-refractivity contribution in [1.29, 1.82) is 0 Å². The average Bonchev–Trinajstić information content (AvgIpc) is 3.00. The lowest BCUT2D eigenvalue weighted by atomic mass is 10.7. The summed E-state index contributed by atoms with van der Waals surface area (Å²) in [4.78, 5) is 0. The summed E-state index contributed by atoms with van der Waals surface area (Å²) in [6, 6.07) is 0. The lowest BCUT2D eigenvalue weighted by molar-refractivity contribution is 0.386. The van der Waals surface area contributed by atoms with Gasteiger partial charge in [-0.15, -0.1) is 11.8 Å². The Morgan fingerprint density at radius 2 is 1.71 bits per heavy atom. The SMILES string of the molecule is CC1SCCN1P(=O)(N1CC1)N1CC1. The summed E-state index contributed by atoms with van der Waals surface area (Å²) in [5.41, 5.74) is 0. The highest BCUT2D eigenvalue weighted by Gasteiger charge is 2.53. The highest BCUT2D eigenvalue weighted by atomic mass is 32.2. The normalized spacial score (nSPS) is 35.1. The van der Waals surface area contributed by atoms with Crippen molar-refractivity contribution >= 4 is 19.4 Å². The molecule has 80 valence electrons. The quantitative estimate of drug-likeness (QED) is 0.537. The van der Waals surface area contributed by atoms with Crippen LogP contribution in [0.25, 0.3) is 0 Å². The second-order valence-corrected chi connectivity index (χ2v) is 8.15. The number of thioether (sulfide) groups is 1. The Balaban J connectivity index is 1.86. The summed E-state index contributed by atoms with van der Waals surface area (Å²) in [6.07, 6.45) is 0. The molecule has 3 saturated heterocycles. The van der Waals surface area contributed by atoms with Gasteiger partial charge in [-0.2, -0.15) is 0 Å². The van der Waals surface area contributed by atoms with E-state index in [1.807, 2.05) is 11.8 Å². The van der Waals surface area contributed by atoms with Crippen LogP contribution in [0.5, 0.6) is 0 Å². The first kappa shape index (κ1) is 9.67. The van der Waals surface area contributed by atoms with E-state index in [0.29, 0.717) is 5.37 Å². The van der Waals surface area contributed by atoms with Crippen molar-refractivity contribution in [2.75, 3.05) is 38.5 Å². The average molecular weight is 233 g/mol. The maximum Gasteiger partial charge on any atom is 0.288 e. The molecule has 3 rings (SSSR count). The molecule has 0 saturated carbocycles. The van der Waals surface area contributed by atoms with Gasteiger partial charge in [0.2, 0.25) is 0 Å². The van der Waals surface area contributed by atoms with Crippen molar-refractivity contribution in [3.63, 3.8) is 0 Å². The zero-order valence-corrected chi connectivity index (χ0v) is 10.1. The van der Waals surface area contributed by atoms with Crippen LogP contribution in [0, 0.1) is 0 Å². The highest BCUT2D eigenvalue weighted by Crippen LogP contribution is 2.65. The van der Waals surface area contributed by atoms with Crippen molar-refractivity contribution < 1.29 is 4.57 Å². The van der Waals surface area contributed by atoms with Gasteiger partial charge in [-0.05, 0) is 6.92 Å². The molecule has 0 bridgehead atoms. The van der Waals surface area contributed by atoms with E-state index in [2.05, 4.69) is 20.9 Å². The first-order valence-electron chi connectivity index (χ1n) is 5.22. The first-order chi connectivity index (χ1) is 6.73. The molecule has 3 heterocycles. The molecule has 0 aromatic heterocycles. The Morgan fingerprint density at radius 3 is 2.07 bits per heavy atom. The smallest absolute Gasteiger partial charge is 0.270 e. The summed E-state index contributed by atoms with van der Waals surface area (Å²) in [5, 5.41) is 0.432. The lowest BCUT2D eigenvalue weighted by Gasteiger charge is -2.31. The zero-order valence-electron chi connectivity index (χ0n) is 8.43. The van der Waals surface area contributed by atoms with Gasteiger partial charge in [-0.3, -0.25) is 4.57 Å². The standard InChI is InChI=1S/C8H16N3OPS/c1-8-11(6-7-14-8)13(12,9-2-3-9)10-4-5-10/h8H,2-7H2,1H3. The van der Waals surface area contributed by atoms with E-state index in [1.54, 1.807) is 0 Å². The monoisotopic (exact) mass is 233 g/mol. The van der Waals surface area contributed by atoms with Crippen molar-refractivity contribution in [1.82, 2.24) is 14.0 Å². The van der Waals surface area contributed by atoms with Crippen LogP contribution in [0.15, 0.2) is 0 Å². The number of nitrogens with zero attached hydrogens (tertiary/aromatic N) is 3. The van der Waals surface area contributed by atoms with E-state index in [-0.39, 0.29) is 0 Å². The molecule has 0 N–H and O–H groups in total. The molecule has 0 spiro atoms. The number of rotatable bonds is 3. The van der Waals surface area contributed by atoms with Crippen molar-refractivity contribution in [3.8, 4) is 0 Å². The van der Waals surface area contributed by atoms with Crippen molar-refractivity contribution in [3.05, 3.63) is 0 Å². The largest absolute Gasteiger partial charge is 0.288 e. The summed E-state index contributed by atoms with van der Waals surface area (Å²) in [5.74, 6) is 1.13. The van der Waals surface area contributed by atoms with Gasteiger partial charge >= 0.3 is 0 Å². The summed E-state index contributed by atoms with van der Waals surface area (Å²) >= 11 is 1.92. The van der Waals surface area contributed by atoms with Gasteiger partial charge in [0.05, 0.1) is 5.37 Å². The number of hydrogen-bond acceptors (Lipinski definition) is 2. The van der Waals surface area contributed by atoms with Crippen LogP contribution < -0.4 is 0 Å². The maximum atomic E-state index is 12.9. The molecule has 0 aliphatic carbocycles. The fourth-order valence-electron chi connectivity index (χ4n) is 2.04. The molecule has 0 radical (unpaired) electrons. The van der Waals surface area contributed by atoms with Gasteiger partial charge in [0.15, 0.2) is 0 Å².